The second-order valence-electron chi connectivity index (χ2n) is 7.45. The van der Waals surface area contributed by atoms with Gasteiger partial charge in [-0.25, -0.2) is 0 Å². The highest BCUT2D eigenvalue weighted by Gasteiger charge is 2.39. The lowest BCUT2D eigenvalue weighted by Gasteiger charge is -2.29. The quantitative estimate of drug-likeness (QED) is 0.694. The fourth-order valence-corrected chi connectivity index (χ4v) is 3.86. The van der Waals surface area contributed by atoms with Crippen LogP contribution in [-0.4, -0.2) is 40.7 Å². The van der Waals surface area contributed by atoms with E-state index in [0.717, 1.165) is 0 Å². The molecule has 2 N–H and O–H groups in total. The van der Waals surface area contributed by atoms with Crippen molar-refractivity contribution in [3.63, 3.8) is 0 Å². The van der Waals surface area contributed by atoms with Crippen LogP contribution in [0.2, 0.25) is 5.02 Å². The Morgan fingerprint density at radius 2 is 2.00 bits per heavy atom. The SMILES string of the molecule is CC(Oc1ccc2c(c1)CN(C1CCC(=O)NC1=O)C2=O)C(=O)Nc1ccccc1Cl. The van der Waals surface area contributed by atoms with E-state index in [-0.39, 0.29) is 30.7 Å². The molecule has 2 unspecified atom stereocenters. The summed E-state index contributed by atoms with van der Waals surface area (Å²) in [6, 6.07) is 11.1. The molecule has 2 atom stereocenters. The normalized spacial score (nSPS) is 19.0. The molecule has 4 amide bonds. The number of rotatable bonds is 5. The Hall–Kier alpha value is -3.39. The summed E-state index contributed by atoms with van der Waals surface area (Å²) in [5.74, 6) is -0.988. The highest BCUT2D eigenvalue weighted by molar-refractivity contribution is 6.33. The molecule has 160 valence electrons. The summed E-state index contributed by atoms with van der Waals surface area (Å²) in [7, 11) is 0. The largest absolute Gasteiger partial charge is 0.481 e. The molecule has 4 rings (SSSR count). The number of para-hydroxylation sites is 1. The number of benzene rings is 2. The van der Waals surface area contributed by atoms with Crippen LogP contribution in [0.1, 0.15) is 35.7 Å². The Morgan fingerprint density at radius 3 is 2.74 bits per heavy atom. The first-order valence-corrected chi connectivity index (χ1v) is 10.2. The number of imide groups is 1. The summed E-state index contributed by atoms with van der Waals surface area (Å²) >= 11 is 6.07. The molecular formula is C22H20ClN3O5. The number of carbonyl (C=O) groups is 4. The van der Waals surface area contributed by atoms with Gasteiger partial charge in [-0.3, -0.25) is 24.5 Å². The zero-order chi connectivity index (χ0) is 22.1. The van der Waals surface area contributed by atoms with E-state index in [9.17, 15) is 19.2 Å². The molecule has 9 heteroatoms. The minimum atomic E-state index is -0.808. The molecule has 2 aliphatic heterocycles. The van der Waals surface area contributed by atoms with Crippen molar-refractivity contribution in [2.75, 3.05) is 5.32 Å². The highest BCUT2D eigenvalue weighted by Crippen LogP contribution is 2.30. The Bertz CT molecular complexity index is 1090. The molecule has 1 saturated heterocycles. The van der Waals surface area contributed by atoms with Crippen molar-refractivity contribution in [1.29, 1.82) is 0 Å². The third-order valence-electron chi connectivity index (χ3n) is 5.31. The van der Waals surface area contributed by atoms with Crippen LogP contribution in [0.5, 0.6) is 5.75 Å². The smallest absolute Gasteiger partial charge is 0.265 e. The molecular weight excluding hydrogens is 422 g/mol. The lowest BCUT2D eigenvalue weighted by Crippen LogP contribution is -2.52. The summed E-state index contributed by atoms with van der Waals surface area (Å²) in [5.41, 5.74) is 1.67. The van der Waals surface area contributed by atoms with Crippen LogP contribution in [0.25, 0.3) is 0 Å². The van der Waals surface area contributed by atoms with Crippen molar-refractivity contribution in [2.45, 2.75) is 38.5 Å². The second kappa shape index (κ2) is 8.39. The third kappa shape index (κ3) is 4.25. The first-order chi connectivity index (χ1) is 14.8. The van der Waals surface area contributed by atoms with Crippen molar-refractivity contribution in [3.8, 4) is 5.75 Å². The van der Waals surface area contributed by atoms with E-state index >= 15 is 0 Å². The fraction of sp³-hybridized carbons (Fsp3) is 0.273. The van der Waals surface area contributed by atoms with Gasteiger partial charge in [-0.2, -0.15) is 0 Å². The zero-order valence-electron chi connectivity index (χ0n) is 16.7. The first kappa shape index (κ1) is 20.9. The zero-order valence-corrected chi connectivity index (χ0v) is 17.4. The van der Waals surface area contributed by atoms with Gasteiger partial charge < -0.3 is 15.0 Å². The number of fused-ring (bicyclic) bond motifs is 1. The number of nitrogens with zero attached hydrogens (tertiary/aromatic N) is 1. The maximum Gasteiger partial charge on any atom is 0.265 e. The molecule has 0 radical (unpaired) electrons. The van der Waals surface area contributed by atoms with E-state index < -0.39 is 18.1 Å². The van der Waals surface area contributed by atoms with E-state index in [0.29, 0.717) is 34.0 Å². The summed E-state index contributed by atoms with van der Waals surface area (Å²) in [5, 5.41) is 5.42. The molecule has 0 saturated carbocycles. The lowest BCUT2D eigenvalue weighted by molar-refractivity contribution is -0.137. The van der Waals surface area contributed by atoms with Crippen LogP contribution in [0.15, 0.2) is 42.5 Å². The monoisotopic (exact) mass is 441 g/mol. The molecule has 0 aliphatic carbocycles. The molecule has 8 nitrogen and oxygen atoms in total. The topological polar surface area (TPSA) is 105 Å². The van der Waals surface area contributed by atoms with E-state index in [4.69, 9.17) is 16.3 Å². The number of hydrogen-bond acceptors (Lipinski definition) is 5. The van der Waals surface area contributed by atoms with Gasteiger partial charge >= 0.3 is 0 Å². The standard InChI is InChI=1S/C22H20ClN3O5/c1-12(20(28)24-17-5-3-2-4-16(17)23)31-14-6-7-15-13(10-14)11-26(22(15)30)18-8-9-19(27)25-21(18)29/h2-7,10,12,18H,8-9,11H2,1H3,(H,24,28)(H,25,27,29). The van der Waals surface area contributed by atoms with Crippen molar-refractivity contribution >= 4 is 40.9 Å². The summed E-state index contributed by atoms with van der Waals surface area (Å²) < 4.78 is 5.76. The molecule has 0 bridgehead atoms. The molecule has 0 aromatic heterocycles. The number of anilines is 1. The number of ether oxygens (including phenoxy) is 1. The van der Waals surface area contributed by atoms with Crippen molar-refractivity contribution in [1.82, 2.24) is 10.2 Å². The predicted molar refractivity (Wildman–Crippen MR) is 113 cm³/mol. The van der Waals surface area contributed by atoms with Gasteiger partial charge in [0.2, 0.25) is 11.8 Å². The fourth-order valence-electron chi connectivity index (χ4n) is 3.68. The molecule has 2 heterocycles. The van der Waals surface area contributed by atoms with Crippen LogP contribution < -0.4 is 15.4 Å². The van der Waals surface area contributed by atoms with Crippen molar-refractivity contribution < 1.29 is 23.9 Å². The number of halogens is 1. The minimum absolute atomic E-state index is 0.197. The number of piperidine rings is 1. The van der Waals surface area contributed by atoms with E-state index in [2.05, 4.69) is 10.6 Å². The van der Waals surface area contributed by atoms with Gasteiger partial charge in [0.25, 0.3) is 11.8 Å². The van der Waals surface area contributed by atoms with Crippen LogP contribution >= 0.6 is 11.6 Å². The maximum absolute atomic E-state index is 12.7. The van der Waals surface area contributed by atoms with Gasteiger partial charge in [-0.15, -0.1) is 0 Å². The van der Waals surface area contributed by atoms with E-state index in [1.54, 1.807) is 49.4 Å². The summed E-state index contributed by atoms with van der Waals surface area (Å²) in [6.45, 7) is 1.85. The van der Waals surface area contributed by atoms with E-state index in [1.165, 1.54) is 4.90 Å². The number of nitrogens with one attached hydrogen (secondary N) is 2. The summed E-state index contributed by atoms with van der Waals surface area (Å²) in [4.78, 5) is 50.2. The van der Waals surface area contributed by atoms with Crippen molar-refractivity contribution in [3.05, 3.63) is 58.6 Å². The Balaban J connectivity index is 1.43. The molecule has 0 spiro atoms. The molecule has 2 aromatic carbocycles. The predicted octanol–water partition coefficient (Wildman–Crippen LogP) is 2.51. The molecule has 2 aliphatic rings. The average Bonchev–Trinajstić information content (AvgIpc) is 3.05. The van der Waals surface area contributed by atoms with Gasteiger partial charge in [0, 0.05) is 18.5 Å². The third-order valence-corrected chi connectivity index (χ3v) is 5.64. The number of hydrogen-bond donors (Lipinski definition) is 2. The van der Waals surface area contributed by atoms with Gasteiger partial charge in [0.05, 0.1) is 10.7 Å². The second-order valence-corrected chi connectivity index (χ2v) is 7.86. The average molecular weight is 442 g/mol. The first-order valence-electron chi connectivity index (χ1n) is 9.83. The van der Waals surface area contributed by atoms with Gasteiger partial charge in [0.15, 0.2) is 6.10 Å². The number of amides is 4. The Morgan fingerprint density at radius 1 is 1.23 bits per heavy atom. The maximum atomic E-state index is 12.7. The molecule has 2 aromatic rings. The van der Waals surface area contributed by atoms with Crippen LogP contribution in [0, 0.1) is 0 Å². The van der Waals surface area contributed by atoms with E-state index in [1.807, 2.05) is 0 Å². The van der Waals surface area contributed by atoms with Gasteiger partial charge in [-0.1, -0.05) is 23.7 Å². The number of carbonyl (C=O) groups excluding carboxylic acids is 4. The summed E-state index contributed by atoms with van der Waals surface area (Å²) in [6.07, 6.45) is -0.312. The van der Waals surface area contributed by atoms with Gasteiger partial charge in [-0.05, 0) is 49.2 Å². The van der Waals surface area contributed by atoms with Crippen molar-refractivity contribution in [2.24, 2.45) is 0 Å². The lowest BCUT2D eigenvalue weighted by atomic mass is 10.0. The Kier molecular flexibility index (Phi) is 5.65. The van der Waals surface area contributed by atoms with Crippen LogP contribution in [-0.2, 0) is 20.9 Å². The van der Waals surface area contributed by atoms with Gasteiger partial charge in [0.1, 0.15) is 11.8 Å². The molecule has 31 heavy (non-hydrogen) atoms. The highest BCUT2D eigenvalue weighted by atomic mass is 35.5. The van der Waals surface area contributed by atoms with Crippen LogP contribution in [0.4, 0.5) is 5.69 Å². The molecule has 1 fully saturated rings. The minimum Gasteiger partial charge on any atom is -0.481 e. The Labute approximate surface area is 183 Å². The van der Waals surface area contributed by atoms with Crippen LogP contribution in [0.3, 0.4) is 0 Å².